The molecule has 116 valence electrons. The fourth-order valence-corrected chi connectivity index (χ4v) is 3.50. The summed E-state index contributed by atoms with van der Waals surface area (Å²) in [5, 5.41) is 0. The second-order valence-corrected chi connectivity index (χ2v) is 6.19. The number of aryl methyl sites for hydroxylation is 1. The molecule has 0 unspecified atom stereocenters. The third-order valence-corrected chi connectivity index (χ3v) is 4.71. The van der Waals surface area contributed by atoms with E-state index in [2.05, 4.69) is 9.55 Å². The Kier molecular flexibility index (Phi) is 4.58. The minimum atomic E-state index is 0.285. The zero-order valence-corrected chi connectivity index (χ0v) is 12.8. The molecule has 0 bridgehead atoms. The first-order valence-electron chi connectivity index (χ1n) is 8.13. The summed E-state index contributed by atoms with van der Waals surface area (Å²) in [4.78, 5) is 18.7. The van der Waals surface area contributed by atoms with Crippen LogP contribution in [0.4, 0.5) is 0 Å². The van der Waals surface area contributed by atoms with Gasteiger partial charge in [0.2, 0.25) is 5.91 Å². The van der Waals surface area contributed by atoms with E-state index < -0.39 is 0 Å². The summed E-state index contributed by atoms with van der Waals surface area (Å²) in [5.41, 5.74) is 0. The molecule has 5 heteroatoms. The normalized spacial score (nSPS) is 26.2. The average molecular weight is 291 g/mol. The fraction of sp³-hybridized carbons (Fsp3) is 0.750. The highest BCUT2D eigenvalue weighted by atomic mass is 16.5. The van der Waals surface area contributed by atoms with E-state index in [1.54, 1.807) is 0 Å². The highest BCUT2D eigenvalue weighted by molar-refractivity contribution is 5.76. The number of rotatable bonds is 4. The Morgan fingerprint density at radius 3 is 3.05 bits per heavy atom. The number of piperidine rings is 1. The second-order valence-electron chi connectivity index (χ2n) is 6.19. The third-order valence-electron chi connectivity index (χ3n) is 4.71. The molecule has 0 saturated carbocycles. The minimum absolute atomic E-state index is 0.285. The van der Waals surface area contributed by atoms with Crippen LogP contribution in [-0.4, -0.2) is 46.2 Å². The van der Waals surface area contributed by atoms with Gasteiger partial charge in [-0.1, -0.05) is 0 Å². The van der Waals surface area contributed by atoms with Crippen LogP contribution >= 0.6 is 0 Å². The van der Waals surface area contributed by atoms with Gasteiger partial charge in [0.15, 0.2) is 0 Å². The molecule has 3 rings (SSSR count). The first kappa shape index (κ1) is 14.6. The van der Waals surface area contributed by atoms with E-state index in [1.165, 1.54) is 0 Å². The van der Waals surface area contributed by atoms with Crippen molar-refractivity contribution >= 4 is 5.91 Å². The van der Waals surface area contributed by atoms with E-state index in [0.29, 0.717) is 18.6 Å². The molecule has 5 nitrogen and oxygen atoms in total. The van der Waals surface area contributed by atoms with Crippen LogP contribution in [-0.2, 0) is 9.53 Å². The SMILES string of the molecule is Cc1nccn1[C@@H]1CCCN(C(=O)CC[C@@H]2CCCO2)C1. The van der Waals surface area contributed by atoms with Gasteiger partial charge in [0.25, 0.3) is 0 Å². The Morgan fingerprint density at radius 2 is 2.33 bits per heavy atom. The van der Waals surface area contributed by atoms with Gasteiger partial charge in [-0.05, 0) is 39.0 Å². The van der Waals surface area contributed by atoms with Crippen molar-refractivity contribution in [3.8, 4) is 0 Å². The molecule has 2 aliphatic rings. The van der Waals surface area contributed by atoms with Crippen LogP contribution in [0.15, 0.2) is 12.4 Å². The smallest absolute Gasteiger partial charge is 0.222 e. The largest absolute Gasteiger partial charge is 0.378 e. The van der Waals surface area contributed by atoms with Crippen molar-refractivity contribution in [3.05, 3.63) is 18.2 Å². The van der Waals surface area contributed by atoms with Gasteiger partial charge < -0.3 is 14.2 Å². The molecule has 0 spiro atoms. The van der Waals surface area contributed by atoms with Gasteiger partial charge >= 0.3 is 0 Å². The Labute approximate surface area is 126 Å². The maximum atomic E-state index is 12.4. The summed E-state index contributed by atoms with van der Waals surface area (Å²) in [5.74, 6) is 1.32. The van der Waals surface area contributed by atoms with Gasteiger partial charge in [0, 0.05) is 38.5 Å². The van der Waals surface area contributed by atoms with Gasteiger partial charge in [0.05, 0.1) is 12.1 Å². The summed E-state index contributed by atoms with van der Waals surface area (Å²) in [7, 11) is 0. The van der Waals surface area contributed by atoms with Crippen LogP contribution in [0, 0.1) is 6.92 Å². The average Bonchev–Trinajstić information content (AvgIpc) is 3.16. The van der Waals surface area contributed by atoms with Crippen molar-refractivity contribution in [1.29, 1.82) is 0 Å². The van der Waals surface area contributed by atoms with Crippen molar-refractivity contribution in [2.45, 2.75) is 57.6 Å². The lowest BCUT2D eigenvalue weighted by Gasteiger charge is -2.34. The Balaban J connectivity index is 1.53. The third kappa shape index (κ3) is 3.46. The zero-order valence-electron chi connectivity index (χ0n) is 12.8. The quantitative estimate of drug-likeness (QED) is 0.855. The maximum absolute atomic E-state index is 12.4. The standard InChI is InChI=1S/C16H25N3O2/c1-13-17-8-10-19(13)14-4-2-9-18(12-14)16(20)7-6-15-5-3-11-21-15/h8,10,14-15H,2-7,9,11-12H2,1H3/t14-,15+/m1/s1. The van der Waals surface area contributed by atoms with Crippen molar-refractivity contribution in [2.24, 2.45) is 0 Å². The topological polar surface area (TPSA) is 47.4 Å². The van der Waals surface area contributed by atoms with Gasteiger partial charge in [-0.2, -0.15) is 0 Å². The van der Waals surface area contributed by atoms with E-state index in [1.807, 2.05) is 24.2 Å². The molecule has 0 aromatic carbocycles. The number of imidazole rings is 1. The van der Waals surface area contributed by atoms with Crippen molar-refractivity contribution < 1.29 is 9.53 Å². The molecule has 0 N–H and O–H groups in total. The van der Waals surface area contributed by atoms with Crippen LogP contribution in [0.3, 0.4) is 0 Å². The maximum Gasteiger partial charge on any atom is 0.222 e. The van der Waals surface area contributed by atoms with Crippen LogP contribution in [0.25, 0.3) is 0 Å². The monoisotopic (exact) mass is 291 g/mol. The Bertz CT molecular complexity index is 480. The molecule has 1 aromatic heterocycles. The number of nitrogens with zero attached hydrogens (tertiary/aromatic N) is 3. The number of aromatic nitrogens is 2. The highest BCUT2D eigenvalue weighted by Crippen LogP contribution is 2.24. The molecule has 1 amide bonds. The Hall–Kier alpha value is -1.36. The van der Waals surface area contributed by atoms with Gasteiger partial charge in [-0.25, -0.2) is 4.98 Å². The molecule has 2 saturated heterocycles. The fourth-order valence-electron chi connectivity index (χ4n) is 3.50. The van der Waals surface area contributed by atoms with E-state index in [4.69, 9.17) is 4.74 Å². The molecule has 1 aromatic rings. The van der Waals surface area contributed by atoms with Crippen LogP contribution < -0.4 is 0 Å². The lowest BCUT2D eigenvalue weighted by molar-refractivity contribution is -0.133. The molecule has 2 atom stereocenters. The molecular formula is C16H25N3O2. The van der Waals surface area contributed by atoms with Gasteiger partial charge in [-0.3, -0.25) is 4.79 Å². The van der Waals surface area contributed by atoms with Crippen LogP contribution in [0.5, 0.6) is 0 Å². The summed E-state index contributed by atoms with van der Waals surface area (Å²) in [6, 6.07) is 0.382. The molecule has 21 heavy (non-hydrogen) atoms. The van der Waals surface area contributed by atoms with Crippen molar-refractivity contribution in [1.82, 2.24) is 14.5 Å². The predicted molar refractivity (Wildman–Crippen MR) is 80.0 cm³/mol. The van der Waals surface area contributed by atoms with Gasteiger partial charge in [0.1, 0.15) is 5.82 Å². The molecule has 2 fully saturated rings. The number of likely N-dealkylation sites (tertiary alicyclic amines) is 1. The first-order valence-corrected chi connectivity index (χ1v) is 8.13. The number of hydrogen-bond acceptors (Lipinski definition) is 3. The molecule has 3 heterocycles. The predicted octanol–water partition coefficient (Wildman–Crippen LogP) is 2.31. The first-order chi connectivity index (χ1) is 10.2. The molecule has 0 radical (unpaired) electrons. The molecular weight excluding hydrogens is 266 g/mol. The summed E-state index contributed by atoms with van der Waals surface area (Å²) in [6.07, 6.45) is 10.2. The van der Waals surface area contributed by atoms with E-state index in [9.17, 15) is 4.79 Å². The number of carbonyl (C=O) groups is 1. The van der Waals surface area contributed by atoms with Crippen molar-refractivity contribution in [3.63, 3.8) is 0 Å². The highest BCUT2D eigenvalue weighted by Gasteiger charge is 2.26. The lowest BCUT2D eigenvalue weighted by atomic mass is 10.0. The van der Waals surface area contributed by atoms with E-state index in [-0.39, 0.29) is 5.91 Å². The summed E-state index contributed by atoms with van der Waals surface area (Å²) in [6.45, 7) is 4.61. The summed E-state index contributed by atoms with van der Waals surface area (Å²) >= 11 is 0. The van der Waals surface area contributed by atoms with Crippen molar-refractivity contribution in [2.75, 3.05) is 19.7 Å². The van der Waals surface area contributed by atoms with E-state index >= 15 is 0 Å². The number of amides is 1. The van der Waals surface area contributed by atoms with Crippen LogP contribution in [0.2, 0.25) is 0 Å². The van der Waals surface area contributed by atoms with Gasteiger partial charge in [-0.15, -0.1) is 0 Å². The minimum Gasteiger partial charge on any atom is -0.378 e. The molecule has 2 aliphatic heterocycles. The second kappa shape index (κ2) is 6.60. The van der Waals surface area contributed by atoms with Crippen LogP contribution in [0.1, 0.15) is 50.4 Å². The lowest BCUT2D eigenvalue weighted by Crippen LogP contribution is -2.41. The zero-order chi connectivity index (χ0) is 14.7. The molecule has 0 aliphatic carbocycles. The number of hydrogen-bond donors (Lipinski definition) is 0. The Morgan fingerprint density at radius 1 is 1.43 bits per heavy atom. The number of ether oxygens (including phenoxy) is 1. The number of carbonyl (C=O) groups excluding carboxylic acids is 1. The summed E-state index contributed by atoms with van der Waals surface area (Å²) < 4.78 is 7.81. The van der Waals surface area contributed by atoms with E-state index in [0.717, 1.165) is 57.6 Å².